The molecule has 1 saturated heterocycles. The van der Waals surface area contributed by atoms with Crippen molar-refractivity contribution in [2.45, 2.75) is 44.7 Å². The van der Waals surface area contributed by atoms with Crippen LogP contribution < -0.4 is 9.47 Å². The fraction of sp³-hybridized carbons (Fsp3) is 0.345. The molecule has 8 heteroatoms. The summed E-state index contributed by atoms with van der Waals surface area (Å²) in [5.41, 5.74) is 3.29. The Balaban J connectivity index is 1.09. The highest BCUT2D eigenvalue weighted by Crippen LogP contribution is 2.38. The van der Waals surface area contributed by atoms with Gasteiger partial charge in [0.05, 0.1) is 48.3 Å². The van der Waals surface area contributed by atoms with Gasteiger partial charge in [0.25, 0.3) is 5.91 Å². The van der Waals surface area contributed by atoms with Crippen LogP contribution in [0.25, 0.3) is 22.6 Å². The molecule has 37 heavy (non-hydrogen) atoms. The van der Waals surface area contributed by atoms with Gasteiger partial charge in [0.1, 0.15) is 0 Å². The largest absolute Gasteiger partial charge is 0.493 e. The number of furan rings is 1. The molecule has 0 saturated carbocycles. The zero-order chi connectivity index (χ0) is 25.2. The molecule has 4 heterocycles. The number of amides is 1. The van der Waals surface area contributed by atoms with Gasteiger partial charge in [0.15, 0.2) is 23.1 Å². The molecule has 0 bridgehead atoms. The standard InChI is InChI=1S/C29H30N4O4/c1-35-26-17-21-23(30-19-20-9-7-14-32(20)29(21)34)18-27(26)37-15-6-2-5-13-33-24-11-4-3-10-22(24)31-28(33)25-12-8-16-36-25/h3-4,8,10-12,16-20H,2,5-7,9,13-15H2,1H3/t20-/m0/s1. The maximum Gasteiger partial charge on any atom is 0.256 e. The molecular formula is C29H30N4O4. The first-order chi connectivity index (χ1) is 18.2. The molecule has 0 N–H and O–H groups in total. The van der Waals surface area contributed by atoms with E-state index in [4.69, 9.17) is 18.9 Å². The summed E-state index contributed by atoms with van der Waals surface area (Å²) in [7, 11) is 1.60. The van der Waals surface area contributed by atoms with Crippen LogP contribution in [0.5, 0.6) is 11.5 Å². The lowest BCUT2D eigenvalue weighted by Crippen LogP contribution is -2.35. The van der Waals surface area contributed by atoms with Crippen LogP contribution in [0.3, 0.4) is 0 Å². The Morgan fingerprint density at radius 2 is 2.00 bits per heavy atom. The molecular weight excluding hydrogens is 468 g/mol. The number of rotatable bonds is 9. The second-order valence-electron chi connectivity index (χ2n) is 9.47. The van der Waals surface area contributed by atoms with E-state index in [0.717, 1.165) is 67.8 Å². The third kappa shape index (κ3) is 4.48. The Labute approximate surface area is 215 Å². The number of unbranched alkanes of at least 4 members (excludes halogenated alkanes) is 2. The summed E-state index contributed by atoms with van der Waals surface area (Å²) in [5.74, 6) is 2.83. The van der Waals surface area contributed by atoms with Crippen LogP contribution in [-0.4, -0.2) is 52.9 Å². The van der Waals surface area contributed by atoms with Crippen molar-refractivity contribution in [2.24, 2.45) is 4.99 Å². The lowest BCUT2D eigenvalue weighted by Gasteiger charge is -2.20. The predicted octanol–water partition coefficient (Wildman–Crippen LogP) is 5.87. The topological polar surface area (TPSA) is 82.1 Å². The molecule has 2 aliphatic rings. The van der Waals surface area contributed by atoms with E-state index in [0.29, 0.717) is 29.4 Å². The highest BCUT2D eigenvalue weighted by atomic mass is 16.5. The van der Waals surface area contributed by atoms with Crippen molar-refractivity contribution in [3.8, 4) is 23.1 Å². The number of fused-ring (bicyclic) bond motifs is 3. The van der Waals surface area contributed by atoms with Crippen LogP contribution in [0.4, 0.5) is 5.69 Å². The summed E-state index contributed by atoms with van der Waals surface area (Å²) >= 11 is 0. The fourth-order valence-corrected chi connectivity index (χ4v) is 5.25. The van der Waals surface area contributed by atoms with Crippen molar-refractivity contribution < 1.29 is 18.7 Å². The number of imidazole rings is 1. The second-order valence-corrected chi connectivity index (χ2v) is 9.47. The number of benzene rings is 2. The van der Waals surface area contributed by atoms with E-state index in [9.17, 15) is 4.79 Å². The SMILES string of the molecule is COc1cc2c(cc1OCCCCCn1c(-c3ccco3)nc3ccccc31)N=C[C@@H]1CCCN1C2=O. The maximum atomic E-state index is 13.0. The molecule has 2 aromatic heterocycles. The Morgan fingerprint density at radius 3 is 2.86 bits per heavy atom. The van der Waals surface area contributed by atoms with Crippen molar-refractivity contribution >= 4 is 28.8 Å². The van der Waals surface area contributed by atoms with Crippen molar-refractivity contribution in [1.29, 1.82) is 0 Å². The molecule has 8 nitrogen and oxygen atoms in total. The number of hydrogen-bond acceptors (Lipinski definition) is 6. The summed E-state index contributed by atoms with van der Waals surface area (Å²) < 4.78 is 19.5. The van der Waals surface area contributed by atoms with Crippen LogP contribution in [0.15, 0.2) is 64.2 Å². The van der Waals surface area contributed by atoms with E-state index in [1.165, 1.54) is 0 Å². The average Bonchev–Trinajstić information content (AvgIpc) is 3.67. The van der Waals surface area contributed by atoms with E-state index < -0.39 is 0 Å². The lowest BCUT2D eigenvalue weighted by molar-refractivity contribution is 0.0774. The molecule has 0 spiro atoms. The molecule has 190 valence electrons. The number of ether oxygens (including phenoxy) is 2. The monoisotopic (exact) mass is 498 g/mol. The summed E-state index contributed by atoms with van der Waals surface area (Å²) in [5, 5.41) is 0. The summed E-state index contributed by atoms with van der Waals surface area (Å²) in [4.78, 5) is 24.3. The highest BCUT2D eigenvalue weighted by molar-refractivity contribution is 6.03. The van der Waals surface area contributed by atoms with Crippen LogP contribution in [-0.2, 0) is 6.54 Å². The van der Waals surface area contributed by atoms with Crippen molar-refractivity contribution in [2.75, 3.05) is 20.3 Å². The molecule has 6 rings (SSSR count). The Kier molecular flexibility index (Phi) is 6.39. The van der Waals surface area contributed by atoms with Crippen molar-refractivity contribution in [3.63, 3.8) is 0 Å². The van der Waals surface area contributed by atoms with Gasteiger partial charge in [-0.1, -0.05) is 12.1 Å². The number of para-hydroxylation sites is 2. The van der Waals surface area contributed by atoms with Gasteiger partial charge < -0.3 is 23.4 Å². The van der Waals surface area contributed by atoms with Crippen molar-refractivity contribution in [1.82, 2.24) is 14.5 Å². The predicted molar refractivity (Wildman–Crippen MR) is 142 cm³/mol. The minimum atomic E-state index is 0.0146. The van der Waals surface area contributed by atoms with Gasteiger partial charge in [-0.15, -0.1) is 0 Å². The van der Waals surface area contributed by atoms with Crippen LogP contribution in [0, 0.1) is 0 Å². The van der Waals surface area contributed by atoms with E-state index in [-0.39, 0.29) is 11.9 Å². The Bertz CT molecular complexity index is 1440. The van der Waals surface area contributed by atoms with E-state index in [2.05, 4.69) is 15.6 Å². The van der Waals surface area contributed by atoms with Crippen LogP contribution in [0.2, 0.25) is 0 Å². The average molecular weight is 499 g/mol. The summed E-state index contributed by atoms with van der Waals surface area (Å²) in [6.45, 7) is 2.16. The third-order valence-electron chi connectivity index (χ3n) is 7.14. The van der Waals surface area contributed by atoms with Gasteiger partial charge in [0, 0.05) is 25.4 Å². The summed E-state index contributed by atoms with van der Waals surface area (Å²) in [6, 6.07) is 15.7. The van der Waals surface area contributed by atoms with Gasteiger partial charge in [0.2, 0.25) is 0 Å². The number of aliphatic imine (C=N–C) groups is 1. The molecule has 2 aromatic carbocycles. The van der Waals surface area contributed by atoms with Gasteiger partial charge in [-0.2, -0.15) is 0 Å². The minimum absolute atomic E-state index is 0.0146. The minimum Gasteiger partial charge on any atom is -0.493 e. The first kappa shape index (κ1) is 23.3. The third-order valence-corrected chi connectivity index (χ3v) is 7.14. The van der Waals surface area contributed by atoms with Gasteiger partial charge >= 0.3 is 0 Å². The summed E-state index contributed by atoms with van der Waals surface area (Å²) in [6.07, 6.45) is 8.40. The van der Waals surface area contributed by atoms with Crippen molar-refractivity contribution in [3.05, 3.63) is 60.4 Å². The molecule has 1 fully saturated rings. The normalized spacial score (nSPS) is 16.6. The number of nitrogens with zero attached hydrogens (tertiary/aromatic N) is 4. The number of methoxy groups -OCH3 is 1. The highest BCUT2D eigenvalue weighted by Gasteiger charge is 2.32. The zero-order valence-electron chi connectivity index (χ0n) is 20.9. The fourth-order valence-electron chi connectivity index (χ4n) is 5.25. The number of hydrogen-bond donors (Lipinski definition) is 0. The molecule has 0 aliphatic carbocycles. The number of aryl methyl sites for hydroxylation is 1. The first-order valence-corrected chi connectivity index (χ1v) is 12.9. The van der Waals surface area contributed by atoms with Gasteiger partial charge in [-0.3, -0.25) is 9.79 Å². The zero-order valence-corrected chi connectivity index (χ0v) is 20.9. The Hall–Kier alpha value is -4.07. The number of carbonyl (C=O) groups is 1. The second kappa shape index (κ2) is 10.1. The van der Waals surface area contributed by atoms with E-state index >= 15 is 0 Å². The molecule has 4 aromatic rings. The number of aromatic nitrogens is 2. The van der Waals surface area contributed by atoms with Crippen LogP contribution >= 0.6 is 0 Å². The molecule has 2 aliphatic heterocycles. The molecule has 0 radical (unpaired) electrons. The van der Waals surface area contributed by atoms with Gasteiger partial charge in [-0.25, -0.2) is 4.98 Å². The molecule has 1 amide bonds. The lowest BCUT2D eigenvalue weighted by atomic mass is 10.1. The number of carbonyl (C=O) groups excluding carboxylic acids is 1. The first-order valence-electron chi connectivity index (χ1n) is 12.9. The maximum absolute atomic E-state index is 13.0. The van der Waals surface area contributed by atoms with Crippen LogP contribution in [0.1, 0.15) is 42.5 Å². The van der Waals surface area contributed by atoms with E-state index in [1.807, 2.05) is 47.5 Å². The Morgan fingerprint density at radius 1 is 1.08 bits per heavy atom. The molecule has 0 unspecified atom stereocenters. The van der Waals surface area contributed by atoms with E-state index in [1.54, 1.807) is 19.4 Å². The molecule has 1 atom stereocenters. The quantitative estimate of drug-likeness (QED) is 0.269. The van der Waals surface area contributed by atoms with Gasteiger partial charge in [-0.05, 0) is 62.4 Å². The smallest absolute Gasteiger partial charge is 0.256 e.